The van der Waals surface area contributed by atoms with E-state index in [2.05, 4.69) is 36.5 Å². The molecular weight excluding hydrogens is 424 g/mol. The van der Waals surface area contributed by atoms with E-state index in [1.54, 1.807) is 0 Å². The standard InChI is InChI=1S/C29H32N2O3/c1-3-25(30-29(33)34-20-22-13-7-4-8-14-22)19-26-27(24-17-11-6-12-18-24)31(28(26)32)21(2)23-15-9-5-10-16-23/h4-18,21,25-27H,3,19-20H2,1-2H3,(H,30,33)/t21-,25-,26+,27-/m0/s1. The molecule has 0 aromatic heterocycles. The molecule has 1 saturated heterocycles. The first kappa shape index (κ1) is 23.6. The Bertz CT molecular complexity index is 1070. The Balaban J connectivity index is 1.44. The predicted molar refractivity (Wildman–Crippen MR) is 133 cm³/mol. The average molecular weight is 457 g/mol. The Labute approximate surface area is 201 Å². The minimum absolute atomic E-state index is 0.0277. The van der Waals surface area contributed by atoms with E-state index in [1.165, 1.54) is 0 Å². The van der Waals surface area contributed by atoms with Gasteiger partial charge in [-0.05, 0) is 36.5 Å². The Morgan fingerprint density at radius 1 is 0.941 bits per heavy atom. The highest BCUT2D eigenvalue weighted by Crippen LogP contribution is 2.47. The summed E-state index contributed by atoms with van der Waals surface area (Å²) >= 11 is 0. The van der Waals surface area contributed by atoms with E-state index in [0.29, 0.717) is 6.42 Å². The summed E-state index contributed by atoms with van der Waals surface area (Å²) in [4.78, 5) is 27.8. The van der Waals surface area contributed by atoms with Crippen molar-refractivity contribution >= 4 is 12.0 Å². The summed E-state index contributed by atoms with van der Waals surface area (Å²) in [6.07, 6.45) is 0.848. The van der Waals surface area contributed by atoms with Crippen LogP contribution in [-0.2, 0) is 16.1 Å². The molecule has 5 heteroatoms. The van der Waals surface area contributed by atoms with E-state index in [-0.39, 0.29) is 36.6 Å². The molecule has 0 saturated carbocycles. The van der Waals surface area contributed by atoms with E-state index < -0.39 is 6.09 Å². The molecule has 0 unspecified atom stereocenters. The molecule has 1 aliphatic heterocycles. The van der Waals surface area contributed by atoms with Gasteiger partial charge in [-0.2, -0.15) is 0 Å². The maximum absolute atomic E-state index is 13.4. The second-order valence-electron chi connectivity index (χ2n) is 8.84. The molecule has 1 aliphatic rings. The first-order valence-corrected chi connectivity index (χ1v) is 12.0. The van der Waals surface area contributed by atoms with Gasteiger partial charge in [0.1, 0.15) is 6.61 Å². The van der Waals surface area contributed by atoms with Crippen molar-refractivity contribution in [2.24, 2.45) is 5.92 Å². The molecule has 3 aromatic rings. The van der Waals surface area contributed by atoms with E-state index in [9.17, 15) is 9.59 Å². The Hall–Kier alpha value is -3.60. The van der Waals surface area contributed by atoms with Gasteiger partial charge in [-0.1, -0.05) is 97.9 Å². The van der Waals surface area contributed by atoms with Crippen LogP contribution < -0.4 is 5.32 Å². The summed E-state index contributed by atoms with van der Waals surface area (Å²) in [5.41, 5.74) is 3.18. The first-order valence-electron chi connectivity index (χ1n) is 12.0. The third kappa shape index (κ3) is 5.30. The molecule has 4 rings (SSSR count). The van der Waals surface area contributed by atoms with Gasteiger partial charge in [-0.25, -0.2) is 4.79 Å². The fourth-order valence-corrected chi connectivity index (χ4v) is 4.74. The van der Waals surface area contributed by atoms with Crippen LogP contribution in [0.25, 0.3) is 0 Å². The molecule has 0 spiro atoms. The summed E-state index contributed by atoms with van der Waals surface area (Å²) in [6, 6.07) is 29.7. The summed E-state index contributed by atoms with van der Waals surface area (Å²) in [7, 11) is 0. The molecule has 0 aliphatic carbocycles. The number of benzene rings is 3. The van der Waals surface area contributed by atoms with Crippen molar-refractivity contribution in [3.05, 3.63) is 108 Å². The predicted octanol–water partition coefficient (Wildman–Crippen LogP) is 6.04. The van der Waals surface area contributed by atoms with Crippen molar-refractivity contribution in [3.8, 4) is 0 Å². The molecule has 176 valence electrons. The van der Waals surface area contributed by atoms with E-state index in [0.717, 1.165) is 23.1 Å². The molecule has 3 aromatic carbocycles. The number of rotatable bonds is 9. The van der Waals surface area contributed by atoms with Gasteiger partial charge in [0, 0.05) is 6.04 Å². The number of likely N-dealkylation sites (tertiary alicyclic amines) is 1. The Kier molecular flexibility index (Phi) is 7.63. The van der Waals surface area contributed by atoms with Gasteiger partial charge in [0.15, 0.2) is 0 Å². The van der Waals surface area contributed by atoms with Crippen molar-refractivity contribution in [3.63, 3.8) is 0 Å². The zero-order valence-corrected chi connectivity index (χ0v) is 19.8. The van der Waals surface area contributed by atoms with Gasteiger partial charge >= 0.3 is 6.09 Å². The lowest BCUT2D eigenvalue weighted by molar-refractivity contribution is -0.162. The van der Waals surface area contributed by atoms with Crippen molar-refractivity contribution in [1.29, 1.82) is 0 Å². The minimum atomic E-state index is -0.451. The highest BCUT2D eigenvalue weighted by molar-refractivity contribution is 5.87. The highest BCUT2D eigenvalue weighted by Gasteiger charge is 2.50. The summed E-state index contributed by atoms with van der Waals surface area (Å²) in [5, 5.41) is 2.97. The first-order chi connectivity index (χ1) is 16.6. The monoisotopic (exact) mass is 456 g/mol. The number of nitrogens with one attached hydrogen (secondary N) is 1. The molecule has 4 atom stereocenters. The number of carbonyl (C=O) groups excluding carboxylic acids is 2. The van der Waals surface area contributed by atoms with Crippen molar-refractivity contribution < 1.29 is 14.3 Å². The van der Waals surface area contributed by atoms with Crippen LogP contribution >= 0.6 is 0 Å². The number of ether oxygens (including phenoxy) is 1. The zero-order chi connectivity index (χ0) is 23.9. The molecule has 1 N–H and O–H groups in total. The Morgan fingerprint density at radius 3 is 2.15 bits per heavy atom. The fourth-order valence-electron chi connectivity index (χ4n) is 4.74. The van der Waals surface area contributed by atoms with Crippen LogP contribution in [0.5, 0.6) is 0 Å². The largest absolute Gasteiger partial charge is 0.445 e. The van der Waals surface area contributed by atoms with Gasteiger partial charge in [-0.15, -0.1) is 0 Å². The number of amides is 2. The van der Waals surface area contributed by atoms with Gasteiger partial charge in [0.2, 0.25) is 5.91 Å². The van der Waals surface area contributed by atoms with E-state index in [1.807, 2.05) is 78.6 Å². The van der Waals surface area contributed by atoms with Crippen LogP contribution in [0.3, 0.4) is 0 Å². The van der Waals surface area contributed by atoms with Crippen LogP contribution in [0.1, 0.15) is 55.5 Å². The van der Waals surface area contributed by atoms with Crippen LogP contribution in [0.15, 0.2) is 91.0 Å². The fraction of sp³-hybridized carbons (Fsp3) is 0.310. The quantitative estimate of drug-likeness (QED) is 0.399. The third-order valence-corrected chi connectivity index (χ3v) is 6.66. The van der Waals surface area contributed by atoms with Gasteiger partial charge in [0.25, 0.3) is 0 Å². The number of hydrogen-bond acceptors (Lipinski definition) is 3. The molecule has 0 bridgehead atoms. The molecule has 0 radical (unpaired) electrons. The maximum Gasteiger partial charge on any atom is 0.407 e. The molecule has 2 amide bonds. The van der Waals surface area contributed by atoms with Crippen molar-refractivity contribution in [2.45, 2.75) is 51.4 Å². The lowest BCUT2D eigenvalue weighted by Crippen LogP contribution is -2.57. The second kappa shape index (κ2) is 11.0. The van der Waals surface area contributed by atoms with E-state index >= 15 is 0 Å². The highest BCUT2D eigenvalue weighted by atomic mass is 16.5. The van der Waals surface area contributed by atoms with Gasteiger partial charge < -0.3 is 15.0 Å². The van der Waals surface area contributed by atoms with Crippen molar-refractivity contribution in [1.82, 2.24) is 10.2 Å². The van der Waals surface area contributed by atoms with Crippen molar-refractivity contribution in [2.75, 3.05) is 0 Å². The van der Waals surface area contributed by atoms with Crippen LogP contribution in [-0.4, -0.2) is 22.9 Å². The molecular formula is C29H32N2O3. The number of alkyl carbamates (subject to hydrolysis) is 1. The van der Waals surface area contributed by atoms with E-state index in [4.69, 9.17) is 4.74 Å². The normalized spacial score (nSPS) is 19.1. The lowest BCUT2D eigenvalue weighted by atomic mass is 9.76. The van der Waals surface area contributed by atoms with Gasteiger partial charge in [0.05, 0.1) is 18.0 Å². The van der Waals surface area contributed by atoms with Crippen LogP contribution in [0.4, 0.5) is 4.79 Å². The van der Waals surface area contributed by atoms with Gasteiger partial charge in [-0.3, -0.25) is 4.79 Å². The molecule has 34 heavy (non-hydrogen) atoms. The summed E-state index contributed by atoms with van der Waals surface area (Å²) in [5.74, 6) is -0.0592. The number of hydrogen-bond donors (Lipinski definition) is 1. The number of carbonyl (C=O) groups is 2. The third-order valence-electron chi connectivity index (χ3n) is 6.66. The summed E-state index contributed by atoms with van der Waals surface area (Å²) in [6.45, 7) is 4.32. The molecule has 5 nitrogen and oxygen atoms in total. The SMILES string of the molecule is CC[C@@H](C[C@H]1C(=O)N([C@@H](C)c2ccccc2)[C@H]1c1ccccc1)NC(=O)OCc1ccccc1. The second-order valence-corrected chi connectivity index (χ2v) is 8.84. The minimum Gasteiger partial charge on any atom is -0.445 e. The average Bonchev–Trinajstić information content (AvgIpc) is 2.89. The molecule has 1 heterocycles. The maximum atomic E-state index is 13.4. The summed E-state index contributed by atoms with van der Waals surface area (Å²) < 4.78 is 5.40. The smallest absolute Gasteiger partial charge is 0.407 e. The Morgan fingerprint density at radius 2 is 1.53 bits per heavy atom. The lowest BCUT2D eigenvalue weighted by Gasteiger charge is -2.51. The van der Waals surface area contributed by atoms with Crippen LogP contribution in [0, 0.1) is 5.92 Å². The topological polar surface area (TPSA) is 58.6 Å². The molecule has 1 fully saturated rings. The zero-order valence-electron chi connectivity index (χ0n) is 19.8. The van der Waals surface area contributed by atoms with Crippen LogP contribution in [0.2, 0.25) is 0 Å². The number of nitrogens with zero attached hydrogens (tertiary/aromatic N) is 1. The number of β-lactam (4-membered cyclic amide) rings is 1.